The molecule has 28 heavy (non-hydrogen) atoms. The predicted molar refractivity (Wildman–Crippen MR) is 107 cm³/mol. The van der Waals surface area contributed by atoms with Gasteiger partial charge in [0.2, 0.25) is 5.95 Å². The average molecular weight is 390 g/mol. The summed E-state index contributed by atoms with van der Waals surface area (Å²) < 4.78 is 0. The van der Waals surface area contributed by atoms with Gasteiger partial charge < -0.3 is 15.1 Å². The number of hydrogen-bond donors (Lipinski definition) is 2. The zero-order chi connectivity index (χ0) is 20.7. The number of fused-ring (bicyclic) bond motifs is 2. The molecule has 8 heteroatoms. The molecular formula is C20H30N4O4. The van der Waals surface area contributed by atoms with E-state index >= 15 is 0 Å². The van der Waals surface area contributed by atoms with Gasteiger partial charge in [-0.3, -0.25) is 4.90 Å². The maximum absolute atomic E-state index is 9.55. The van der Waals surface area contributed by atoms with Crippen LogP contribution in [-0.4, -0.2) is 70.2 Å². The summed E-state index contributed by atoms with van der Waals surface area (Å²) in [4.78, 5) is 33.1. The van der Waals surface area contributed by atoms with E-state index in [0.29, 0.717) is 12.2 Å². The Hall–Kier alpha value is -2.48. The number of carboxylic acid groups (broad SMARTS) is 2. The minimum absolute atomic E-state index is 0.558. The molecule has 2 N–H and O–H groups in total. The molecular weight excluding hydrogens is 360 g/mol. The number of aliphatic carboxylic acids is 2. The zero-order valence-electron chi connectivity index (χ0n) is 16.8. The van der Waals surface area contributed by atoms with Crippen LogP contribution >= 0.6 is 0 Å². The second kappa shape index (κ2) is 10.2. The van der Waals surface area contributed by atoms with Crippen LogP contribution in [0.1, 0.15) is 37.4 Å². The molecule has 2 heterocycles. The highest BCUT2D eigenvalue weighted by molar-refractivity contribution is 5.89. The average Bonchev–Trinajstić information content (AvgIpc) is 2.65. The number of carboxylic acids is 2. The summed E-state index contributed by atoms with van der Waals surface area (Å²) in [5.41, 5.74) is 2.67. The third-order valence-electron chi connectivity index (χ3n) is 5.14. The molecule has 2 aliphatic rings. The van der Waals surface area contributed by atoms with Crippen LogP contribution in [0.15, 0.2) is 18.3 Å². The summed E-state index contributed by atoms with van der Waals surface area (Å²) in [6.07, 6.45) is 9.44. The van der Waals surface area contributed by atoms with E-state index < -0.39 is 11.9 Å². The first-order valence-corrected chi connectivity index (χ1v) is 9.71. The van der Waals surface area contributed by atoms with Gasteiger partial charge in [-0.05, 0) is 56.7 Å². The van der Waals surface area contributed by atoms with E-state index in [4.69, 9.17) is 15.2 Å². The molecule has 1 aromatic rings. The normalized spacial score (nSPS) is 21.2. The molecule has 0 radical (unpaired) electrons. The number of aromatic nitrogens is 2. The van der Waals surface area contributed by atoms with Gasteiger partial charge in [0, 0.05) is 44.2 Å². The van der Waals surface area contributed by atoms with E-state index in [1.165, 1.54) is 43.6 Å². The highest BCUT2D eigenvalue weighted by Crippen LogP contribution is 2.34. The molecule has 1 aliphatic carbocycles. The van der Waals surface area contributed by atoms with Gasteiger partial charge in [0.1, 0.15) is 0 Å². The van der Waals surface area contributed by atoms with Crippen molar-refractivity contribution >= 4 is 17.9 Å². The van der Waals surface area contributed by atoms with E-state index in [2.05, 4.69) is 23.0 Å². The summed E-state index contributed by atoms with van der Waals surface area (Å²) in [7, 11) is 4.02. The number of anilines is 1. The fourth-order valence-electron chi connectivity index (χ4n) is 3.92. The lowest BCUT2D eigenvalue weighted by Crippen LogP contribution is -2.49. The van der Waals surface area contributed by atoms with Crippen LogP contribution in [0.2, 0.25) is 0 Å². The summed E-state index contributed by atoms with van der Waals surface area (Å²) in [6.45, 7) is 4.81. The summed E-state index contributed by atoms with van der Waals surface area (Å²) in [5.74, 6) is -0.865. The maximum Gasteiger partial charge on any atom is 0.328 e. The van der Waals surface area contributed by atoms with Gasteiger partial charge in [0.05, 0.1) is 0 Å². The van der Waals surface area contributed by atoms with Crippen LogP contribution in [0.25, 0.3) is 0 Å². The van der Waals surface area contributed by atoms with Crippen LogP contribution in [0.3, 0.4) is 0 Å². The van der Waals surface area contributed by atoms with Gasteiger partial charge in [-0.25, -0.2) is 19.6 Å². The summed E-state index contributed by atoms with van der Waals surface area (Å²) >= 11 is 0. The van der Waals surface area contributed by atoms with Crippen LogP contribution in [0, 0.1) is 5.92 Å². The molecule has 0 spiro atoms. The van der Waals surface area contributed by atoms with Crippen LogP contribution in [0.5, 0.6) is 0 Å². The molecule has 1 aromatic heterocycles. The Morgan fingerprint density at radius 1 is 1.25 bits per heavy atom. The second-order valence-electron chi connectivity index (χ2n) is 7.46. The van der Waals surface area contributed by atoms with E-state index in [1.54, 1.807) is 0 Å². The van der Waals surface area contributed by atoms with Crippen molar-refractivity contribution in [2.75, 3.05) is 32.1 Å². The number of carbonyl (C=O) groups is 2. The molecule has 0 unspecified atom stereocenters. The lowest BCUT2D eigenvalue weighted by Gasteiger charge is -2.44. The van der Waals surface area contributed by atoms with Crippen molar-refractivity contribution in [1.82, 2.24) is 14.9 Å². The number of nitrogens with zero attached hydrogens (tertiary/aromatic N) is 4. The number of rotatable bonds is 5. The Labute approximate surface area is 165 Å². The molecule has 3 rings (SSSR count). The zero-order valence-corrected chi connectivity index (χ0v) is 16.8. The Balaban J connectivity index is 0.000000300. The summed E-state index contributed by atoms with van der Waals surface area (Å²) in [6, 6.07) is 0.727. The molecule has 154 valence electrons. The van der Waals surface area contributed by atoms with Crippen molar-refractivity contribution in [1.29, 1.82) is 0 Å². The van der Waals surface area contributed by atoms with E-state index in [-0.39, 0.29) is 0 Å². The predicted octanol–water partition coefficient (Wildman–Crippen LogP) is 1.84. The molecule has 0 aromatic carbocycles. The van der Waals surface area contributed by atoms with Crippen molar-refractivity contribution in [2.45, 2.75) is 45.1 Å². The van der Waals surface area contributed by atoms with E-state index in [9.17, 15) is 9.59 Å². The third kappa shape index (κ3) is 6.02. The lowest BCUT2D eigenvalue weighted by molar-refractivity contribution is -0.134. The minimum atomic E-state index is -1.26. The standard InChI is InChI=1S/C16H26N4.C4H4O4/c1-4-7-20-8-5-6-12-9-14-13(10-15(12)20)11-17-16(18-14)19(2)3;5-3(6)1-2-4(7)8/h11-12,15H,4-10H2,1-3H3;1-2H,(H,5,6)(H,7,8)/b;2-1-/t12-,15-;/m0./s1. The Bertz CT molecular complexity index is 702. The molecule has 0 amide bonds. The first kappa shape index (κ1) is 21.8. The Kier molecular flexibility index (Phi) is 7.92. The van der Waals surface area contributed by atoms with Gasteiger partial charge in [0.25, 0.3) is 0 Å². The van der Waals surface area contributed by atoms with Crippen molar-refractivity contribution < 1.29 is 19.8 Å². The smallest absolute Gasteiger partial charge is 0.328 e. The van der Waals surface area contributed by atoms with E-state index in [1.807, 2.05) is 19.0 Å². The summed E-state index contributed by atoms with van der Waals surface area (Å²) in [5, 5.41) is 15.6. The van der Waals surface area contributed by atoms with E-state index in [0.717, 1.165) is 30.7 Å². The maximum atomic E-state index is 9.55. The fourth-order valence-corrected chi connectivity index (χ4v) is 3.92. The monoisotopic (exact) mass is 390 g/mol. The van der Waals surface area contributed by atoms with Gasteiger partial charge in [0.15, 0.2) is 0 Å². The quantitative estimate of drug-likeness (QED) is 0.734. The lowest BCUT2D eigenvalue weighted by atomic mass is 9.77. The molecule has 1 aliphatic heterocycles. The molecule has 0 bridgehead atoms. The topological polar surface area (TPSA) is 107 Å². The first-order chi connectivity index (χ1) is 13.3. The molecule has 2 atom stereocenters. The molecule has 1 saturated heterocycles. The van der Waals surface area contributed by atoms with Crippen LogP contribution in [-0.2, 0) is 22.4 Å². The highest BCUT2D eigenvalue weighted by Gasteiger charge is 2.35. The Morgan fingerprint density at radius 3 is 2.50 bits per heavy atom. The molecule has 0 saturated carbocycles. The second-order valence-corrected chi connectivity index (χ2v) is 7.46. The Morgan fingerprint density at radius 2 is 1.93 bits per heavy atom. The van der Waals surface area contributed by atoms with Gasteiger partial charge in [-0.15, -0.1) is 0 Å². The van der Waals surface area contributed by atoms with Gasteiger partial charge in [-0.2, -0.15) is 0 Å². The van der Waals surface area contributed by atoms with Crippen molar-refractivity contribution in [2.24, 2.45) is 5.92 Å². The number of hydrogen-bond acceptors (Lipinski definition) is 6. The third-order valence-corrected chi connectivity index (χ3v) is 5.14. The van der Waals surface area contributed by atoms with Gasteiger partial charge in [-0.1, -0.05) is 6.92 Å². The largest absolute Gasteiger partial charge is 0.478 e. The van der Waals surface area contributed by atoms with Crippen molar-refractivity contribution in [3.8, 4) is 0 Å². The molecule has 8 nitrogen and oxygen atoms in total. The highest BCUT2D eigenvalue weighted by atomic mass is 16.4. The van der Waals surface area contributed by atoms with Crippen LogP contribution in [0.4, 0.5) is 5.95 Å². The van der Waals surface area contributed by atoms with Gasteiger partial charge >= 0.3 is 11.9 Å². The number of piperidine rings is 1. The van der Waals surface area contributed by atoms with Crippen LogP contribution < -0.4 is 4.90 Å². The van der Waals surface area contributed by atoms with Crippen molar-refractivity contribution in [3.05, 3.63) is 29.6 Å². The van der Waals surface area contributed by atoms with Crippen molar-refractivity contribution in [3.63, 3.8) is 0 Å². The first-order valence-electron chi connectivity index (χ1n) is 9.71. The fraction of sp³-hybridized carbons (Fsp3) is 0.600. The minimum Gasteiger partial charge on any atom is -0.478 e. The molecule has 1 fully saturated rings. The number of likely N-dealkylation sites (tertiary alicyclic amines) is 1. The SMILES string of the molecule is CCCN1CCC[C@H]2Cc3nc(N(C)C)ncc3C[C@@H]21.O=C(O)/C=C\C(=O)O.